The van der Waals surface area contributed by atoms with Gasteiger partial charge >= 0.3 is 0 Å². The summed E-state index contributed by atoms with van der Waals surface area (Å²) in [6.45, 7) is 2.17. The van der Waals surface area contributed by atoms with Crippen LogP contribution >= 0.6 is 11.6 Å². The summed E-state index contributed by atoms with van der Waals surface area (Å²) in [6, 6.07) is 10.4. The topological polar surface area (TPSA) is 0 Å². The van der Waals surface area contributed by atoms with Crippen LogP contribution in [0.1, 0.15) is 24.8 Å². The van der Waals surface area contributed by atoms with E-state index in [-0.39, 0.29) is 0 Å². The van der Waals surface area contributed by atoms with E-state index in [0.29, 0.717) is 5.92 Å². The van der Waals surface area contributed by atoms with Gasteiger partial charge in [-0.3, -0.25) is 0 Å². The van der Waals surface area contributed by atoms with Gasteiger partial charge < -0.3 is 0 Å². The van der Waals surface area contributed by atoms with Crippen molar-refractivity contribution in [2.75, 3.05) is 5.88 Å². The average Bonchev–Trinajstić information content (AvgIpc) is 2.09. The smallest absolute Gasteiger partial charge is 0.0292 e. The SMILES string of the molecule is CCC(CCl)c1ccccc1. The third-order valence-electron chi connectivity index (χ3n) is 1.95. The molecule has 1 unspecified atom stereocenters. The number of alkyl halides is 1. The largest absolute Gasteiger partial charge is 0.126 e. The van der Waals surface area contributed by atoms with Crippen LogP contribution in [0.2, 0.25) is 0 Å². The van der Waals surface area contributed by atoms with E-state index in [4.69, 9.17) is 11.6 Å². The molecule has 0 aromatic heterocycles. The second-order valence-electron chi connectivity index (χ2n) is 2.67. The quantitative estimate of drug-likeness (QED) is 0.607. The Morgan fingerprint density at radius 1 is 1.27 bits per heavy atom. The summed E-state index contributed by atoms with van der Waals surface area (Å²) in [5.41, 5.74) is 1.35. The average molecular weight is 169 g/mol. The molecule has 0 amide bonds. The van der Waals surface area contributed by atoms with E-state index in [9.17, 15) is 0 Å². The van der Waals surface area contributed by atoms with Crippen LogP contribution in [0, 0.1) is 0 Å². The van der Waals surface area contributed by atoms with Crippen molar-refractivity contribution in [2.45, 2.75) is 19.3 Å². The zero-order valence-corrected chi connectivity index (χ0v) is 7.51. The zero-order chi connectivity index (χ0) is 8.10. The number of halogens is 1. The Morgan fingerprint density at radius 2 is 1.91 bits per heavy atom. The maximum Gasteiger partial charge on any atom is 0.0292 e. The van der Waals surface area contributed by atoms with Crippen molar-refractivity contribution in [1.29, 1.82) is 0 Å². The van der Waals surface area contributed by atoms with Crippen molar-refractivity contribution in [1.82, 2.24) is 0 Å². The Bertz CT molecular complexity index is 189. The molecule has 0 N–H and O–H groups in total. The molecule has 0 saturated carbocycles. The van der Waals surface area contributed by atoms with E-state index in [1.165, 1.54) is 5.56 Å². The number of hydrogen-bond donors (Lipinski definition) is 0. The van der Waals surface area contributed by atoms with Crippen molar-refractivity contribution in [3.63, 3.8) is 0 Å². The van der Waals surface area contributed by atoms with E-state index < -0.39 is 0 Å². The standard InChI is InChI=1S/C10H13Cl/c1-2-9(8-11)10-6-4-3-5-7-10/h3-7,9H,2,8H2,1H3. The van der Waals surface area contributed by atoms with E-state index in [2.05, 4.69) is 31.2 Å². The third-order valence-corrected chi connectivity index (χ3v) is 2.32. The first-order valence-electron chi connectivity index (χ1n) is 3.99. The van der Waals surface area contributed by atoms with Crippen molar-refractivity contribution in [2.24, 2.45) is 0 Å². The van der Waals surface area contributed by atoms with E-state index in [0.717, 1.165) is 12.3 Å². The zero-order valence-electron chi connectivity index (χ0n) is 6.76. The van der Waals surface area contributed by atoms with Gasteiger partial charge in [0.25, 0.3) is 0 Å². The molecule has 60 valence electrons. The van der Waals surface area contributed by atoms with Gasteiger partial charge in [0.2, 0.25) is 0 Å². The monoisotopic (exact) mass is 168 g/mol. The van der Waals surface area contributed by atoms with Gasteiger partial charge in [0, 0.05) is 5.88 Å². The van der Waals surface area contributed by atoms with Crippen LogP contribution in [-0.2, 0) is 0 Å². The van der Waals surface area contributed by atoms with Crippen LogP contribution in [0.4, 0.5) is 0 Å². The number of benzene rings is 1. The first-order valence-corrected chi connectivity index (χ1v) is 4.52. The molecular formula is C10H13Cl. The Kier molecular flexibility index (Phi) is 3.44. The van der Waals surface area contributed by atoms with E-state index >= 15 is 0 Å². The summed E-state index contributed by atoms with van der Waals surface area (Å²) in [5.74, 6) is 1.25. The molecule has 1 rings (SSSR count). The van der Waals surface area contributed by atoms with E-state index in [1.807, 2.05) is 6.07 Å². The fourth-order valence-corrected chi connectivity index (χ4v) is 1.56. The summed E-state index contributed by atoms with van der Waals surface area (Å²) in [4.78, 5) is 0. The van der Waals surface area contributed by atoms with Crippen LogP contribution in [-0.4, -0.2) is 5.88 Å². The second-order valence-corrected chi connectivity index (χ2v) is 2.98. The fourth-order valence-electron chi connectivity index (χ4n) is 1.16. The molecule has 1 heteroatoms. The lowest BCUT2D eigenvalue weighted by Gasteiger charge is -2.10. The molecule has 0 heterocycles. The van der Waals surface area contributed by atoms with Gasteiger partial charge in [0.1, 0.15) is 0 Å². The van der Waals surface area contributed by atoms with Gasteiger partial charge in [-0.15, -0.1) is 11.6 Å². The lowest BCUT2D eigenvalue weighted by Crippen LogP contribution is -1.97. The third kappa shape index (κ3) is 2.23. The van der Waals surface area contributed by atoms with Crippen molar-refractivity contribution < 1.29 is 0 Å². The van der Waals surface area contributed by atoms with Crippen LogP contribution < -0.4 is 0 Å². The fraction of sp³-hybridized carbons (Fsp3) is 0.400. The molecule has 0 bridgehead atoms. The van der Waals surface area contributed by atoms with Gasteiger partial charge in [-0.1, -0.05) is 37.3 Å². The van der Waals surface area contributed by atoms with Gasteiger partial charge in [-0.05, 0) is 17.9 Å². The molecule has 0 fully saturated rings. The molecule has 0 radical (unpaired) electrons. The van der Waals surface area contributed by atoms with Gasteiger partial charge in [-0.25, -0.2) is 0 Å². The Hall–Kier alpha value is -0.490. The lowest BCUT2D eigenvalue weighted by molar-refractivity contribution is 0.740. The highest BCUT2D eigenvalue weighted by atomic mass is 35.5. The Morgan fingerprint density at radius 3 is 2.36 bits per heavy atom. The van der Waals surface area contributed by atoms with Crippen molar-refractivity contribution >= 4 is 11.6 Å². The Balaban J connectivity index is 2.74. The number of hydrogen-bond acceptors (Lipinski definition) is 0. The molecule has 0 saturated heterocycles. The van der Waals surface area contributed by atoms with Gasteiger partial charge in [0.05, 0.1) is 0 Å². The summed E-state index contributed by atoms with van der Waals surface area (Å²) in [5, 5.41) is 0. The summed E-state index contributed by atoms with van der Waals surface area (Å²) >= 11 is 5.80. The highest BCUT2D eigenvalue weighted by molar-refractivity contribution is 6.18. The highest BCUT2D eigenvalue weighted by Crippen LogP contribution is 2.19. The van der Waals surface area contributed by atoms with Crippen molar-refractivity contribution in [3.05, 3.63) is 35.9 Å². The van der Waals surface area contributed by atoms with Gasteiger partial charge in [-0.2, -0.15) is 0 Å². The summed E-state index contributed by atoms with van der Waals surface area (Å²) in [6.07, 6.45) is 1.12. The maximum absolute atomic E-state index is 5.80. The minimum atomic E-state index is 0.526. The van der Waals surface area contributed by atoms with Crippen LogP contribution in [0.5, 0.6) is 0 Å². The van der Waals surface area contributed by atoms with Gasteiger partial charge in [0.15, 0.2) is 0 Å². The molecule has 11 heavy (non-hydrogen) atoms. The van der Waals surface area contributed by atoms with E-state index in [1.54, 1.807) is 0 Å². The predicted molar refractivity (Wildman–Crippen MR) is 50.2 cm³/mol. The molecule has 0 aliphatic rings. The lowest BCUT2D eigenvalue weighted by atomic mass is 9.99. The summed E-state index contributed by atoms with van der Waals surface area (Å²) < 4.78 is 0. The number of rotatable bonds is 3. The van der Waals surface area contributed by atoms with Crippen LogP contribution in [0.25, 0.3) is 0 Å². The first kappa shape index (κ1) is 8.61. The summed E-state index contributed by atoms with van der Waals surface area (Å²) in [7, 11) is 0. The highest BCUT2D eigenvalue weighted by Gasteiger charge is 2.05. The van der Waals surface area contributed by atoms with Crippen molar-refractivity contribution in [3.8, 4) is 0 Å². The molecule has 1 aromatic rings. The molecular weight excluding hydrogens is 156 g/mol. The molecule has 0 aliphatic heterocycles. The minimum Gasteiger partial charge on any atom is -0.126 e. The Labute approximate surface area is 73.2 Å². The first-order chi connectivity index (χ1) is 5.38. The molecule has 0 nitrogen and oxygen atoms in total. The molecule has 1 atom stereocenters. The van der Waals surface area contributed by atoms with Crippen LogP contribution in [0.15, 0.2) is 30.3 Å². The molecule has 0 spiro atoms. The second kappa shape index (κ2) is 4.40. The van der Waals surface area contributed by atoms with Crippen LogP contribution in [0.3, 0.4) is 0 Å². The predicted octanol–water partition coefficient (Wildman–Crippen LogP) is 3.42. The normalized spacial score (nSPS) is 12.9. The molecule has 0 aliphatic carbocycles. The minimum absolute atomic E-state index is 0.526. The maximum atomic E-state index is 5.80. The molecule has 1 aromatic carbocycles.